The predicted octanol–water partition coefficient (Wildman–Crippen LogP) is 2.79. The lowest BCUT2D eigenvalue weighted by Crippen LogP contribution is -2.29. The molecule has 0 radical (unpaired) electrons. The van der Waals surface area contributed by atoms with E-state index in [1.807, 2.05) is 30.3 Å². The predicted molar refractivity (Wildman–Crippen MR) is 77.9 cm³/mol. The fourth-order valence-electron chi connectivity index (χ4n) is 1.75. The SMILES string of the molecule is O=C(NC(CBr)c1ccccc1)c1ccc([N+](=O)[O-])[nH]1. The number of aromatic nitrogens is 1. The van der Waals surface area contributed by atoms with Crippen molar-refractivity contribution in [3.8, 4) is 0 Å². The molecule has 0 spiro atoms. The molecule has 0 bridgehead atoms. The Morgan fingerprint density at radius 3 is 2.55 bits per heavy atom. The Morgan fingerprint density at radius 2 is 2.00 bits per heavy atom. The van der Waals surface area contributed by atoms with E-state index in [0.29, 0.717) is 5.33 Å². The lowest BCUT2D eigenvalue weighted by atomic mass is 10.1. The number of alkyl halides is 1. The summed E-state index contributed by atoms with van der Waals surface area (Å²) in [6.45, 7) is 0. The Hall–Kier alpha value is -2.15. The van der Waals surface area contributed by atoms with Crippen LogP contribution in [0.2, 0.25) is 0 Å². The van der Waals surface area contributed by atoms with Gasteiger partial charge in [-0.2, -0.15) is 0 Å². The van der Waals surface area contributed by atoms with Crippen molar-refractivity contribution in [1.29, 1.82) is 0 Å². The first-order chi connectivity index (χ1) is 9.61. The van der Waals surface area contributed by atoms with Gasteiger partial charge in [0.05, 0.1) is 6.04 Å². The van der Waals surface area contributed by atoms with E-state index in [1.54, 1.807) is 0 Å². The zero-order valence-electron chi connectivity index (χ0n) is 10.4. The number of carbonyl (C=O) groups is 1. The molecule has 0 saturated heterocycles. The molecular formula is C13H12BrN3O3. The molecule has 2 aromatic rings. The van der Waals surface area contributed by atoms with E-state index < -0.39 is 4.92 Å². The van der Waals surface area contributed by atoms with Crippen LogP contribution in [0.15, 0.2) is 42.5 Å². The molecular weight excluding hydrogens is 326 g/mol. The molecule has 7 heteroatoms. The highest BCUT2D eigenvalue weighted by atomic mass is 79.9. The standard InChI is InChI=1S/C13H12BrN3O3/c14-8-11(9-4-2-1-3-5-9)16-13(18)10-6-7-12(15-10)17(19)20/h1-7,11,15H,8H2,(H,16,18). The van der Waals surface area contributed by atoms with E-state index in [9.17, 15) is 14.9 Å². The number of aromatic amines is 1. The molecule has 20 heavy (non-hydrogen) atoms. The smallest absolute Gasteiger partial charge is 0.321 e. The van der Waals surface area contributed by atoms with Crippen LogP contribution >= 0.6 is 15.9 Å². The molecule has 0 saturated carbocycles. The molecule has 104 valence electrons. The third-order valence-corrected chi connectivity index (χ3v) is 3.42. The van der Waals surface area contributed by atoms with Crippen LogP contribution in [0.25, 0.3) is 0 Å². The van der Waals surface area contributed by atoms with Crippen LogP contribution in [0.5, 0.6) is 0 Å². The summed E-state index contributed by atoms with van der Waals surface area (Å²) in [5.74, 6) is -0.586. The summed E-state index contributed by atoms with van der Waals surface area (Å²) in [5, 5.41) is 13.9. The molecule has 1 atom stereocenters. The number of hydrogen-bond acceptors (Lipinski definition) is 3. The number of amides is 1. The van der Waals surface area contributed by atoms with Gasteiger partial charge in [0, 0.05) is 11.4 Å². The Balaban J connectivity index is 2.11. The Kier molecular flexibility index (Phi) is 4.52. The van der Waals surface area contributed by atoms with Gasteiger partial charge in [-0.1, -0.05) is 46.3 Å². The van der Waals surface area contributed by atoms with Gasteiger partial charge in [0.15, 0.2) is 5.69 Å². The fraction of sp³-hybridized carbons (Fsp3) is 0.154. The molecule has 1 aromatic heterocycles. The van der Waals surface area contributed by atoms with Crippen LogP contribution in [0.3, 0.4) is 0 Å². The molecule has 0 aliphatic rings. The Morgan fingerprint density at radius 1 is 1.30 bits per heavy atom. The summed E-state index contributed by atoms with van der Waals surface area (Å²) in [5.41, 5.74) is 1.12. The lowest BCUT2D eigenvalue weighted by Gasteiger charge is -2.15. The van der Waals surface area contributed by atoms with E-state index >= 15 is 0 Å². The van der Waals surface area contributed by atoms with E-state index in [-0.39, 0.29) is 23.5 Å². The number of benzene rings is 1. The van der Waals surface area contributed by atoms with Gasteiger partial charge in [-0.15, -0.1) is 0 Å². The molecule has 1 heterocycles. The summed E-state index contributed by atoms with van der Waals surface area (Å²) in [7, 11) is 0. The molecule has 1 unspecified atom stereocenters. The molecule has 6 nitrogen and oxygen atoms in total. The third-order valence-electron chi connectivity index (χ3n) is 2.77. The number of nitrogens with one attached hydrogen (secondary N) is 2. The van der Waals surface area contributed by atoms with Gasteiger partial charge < -0.3 is 15.4 Å². The summed E-state index contributed by atoms with van der Waals surface area (Å²) in [6.07, 6.45) is 0. The lowest BCUT2D eigenvalue weighted by molar-refractivity contribution is -0.389. The molecule has 2 N–H and O–H groups in total. The molecule has 0 aliphatic carbocycles. The van der Waals surface area contributed by atoms with E-state index in [1.165, 1.54) is 12.1 Å². The van der Waals surface area contributed by atoms with E-state index in [2.05, 4.69) is 26.2 Å². The van der Waals surface area contributed by atoms with Crippen LogP contribution in [0.1, 0.15) is 22.1 Å². The zero-order valence-corrected chi connectivity index (χ0v) is 12.0. The Labute approximate surface area is 123 Å². The topological polar surface area (TPSA) is 88.0 Å². The van der Waals surface area contributed by atoms with Crippen LogP contribution < -0.4 is 5.32 Å². The Bertz CT molecular complexity index is 612. The van der Waals surface area contributed by atoms with Gasteiger partial charge in [0.25, 0.3) is 5.91 Å². The highest BCUT2D eigenvalue weighted by Crippen LogP contribution is 2.16. The van der Waals surface area contributed by atoms with Crippen molar-refractivity contribution in [2.45, 2.75) is 6.04 Å². The second-order valence-electron chi connectivity index (χ2n) is 4.11. The van der Waals surface area contributed by atoms with Crippen LogP contribution in [0.4, 0.5) is 5.82 Å². The van der Waals surface area contributed by atoms with Gasteiger partial charge in [-0.3, -0.25) is 4.79 Å². The maximum atomic E-state index is 12.0. The average Bonchev–Trinajstić information content (AvgIpc) is 2.95. The summed E-state index contributed by atoms with van der Waals surface area (Å²) in [4.78, 5) is 24.5. The van der Waals surface area contributed by atoms with Gasteiger partial charge in [-0.05, 0) is 16.6 Å². The number of hydrogen-bond donors (Lipinski definition) is 2. The second-order valence-corrected chi connectivity index (χ2v) is 4.75. The largest absolute Gasteiger partial charge is 0.358 e. The highest BCUT2D eigenvalue weighted by molar-refractivity contribution is 9.09. The first-order valence-electron chi connectivity index (χ1n) is 5.87. The molecule has 1 aromatic carbocycles. The summed E-state index contributed by atoms with van der Waals surface area (Å²) in [6, 6.07) is 11.9. The number of halogens is 1. The summed E-state index contributed by atoms with van der Waals surface area (Å²) >= 11 is 3.35. The van der Waals surface area contributed by atoms with E-state index in [0.717, 1.165) is 5.56 Å². The van der Waals surface area contributed by atoms with Crippen molar-refractivity contribution < 1.29 is 9.72 Å². The second kappa shape index (κ2) is 6.33. The van der Waals surface area contributed by atoms with E-state index in [4.69, 9.17) is 0 Å². The minimum atomic E-state index is -0.573. The summed E-state index contributed by atoms with van der Waals surface area (Å²) < 4.78 is 0. The van der Waals surface area contributed by atoms with Gasteiger partial charge in [0.1, 0.15) is 0 Å². The van der Waals surface area contributed by atoms with Crippen molar-refractivity contribution in [3.63, 3.8) is 0 Å². The maximum absolute atomic E-state index is 12.0. The third kappa shape index (κ3) is 3.24. The van der Waals surface area contributed by atoms with Crippen molar-refractivity contribution in [2.24, 2.45) is 0 Å². The fourth-order valence-corrected chi connectivity index (χ4v) is 2.29. The van der Waals surface area contributed by atoms with Crippen LogP contribution in [-0.4, -0.2) is 21.1 Å². The zero-order chi connectivity index (χ0) is 14.5. The number of nitrogens with zero attached hydrogens (tertiary/aromatic N) is 1. The van der Waals surface area contributed by atoms with Crippen molar-refractivity contribution >= 4 is 27.7 Å². The average molecular weight is 338 g/mol. The van der Waals surface area contributed by atoms with Crippen molar-refractivity contribution in [3.05, 3.63) is 63.8 Å². The number of H-pyrrole nitrogens is 1. The monoisotopic (exact) mass is 337 g/mol. The normalized spacial score (nSPS) is 11.8. The molecule has 2 rings (SSSR count). The van der Waals surface area contributed by atoms with Crippen LogP contribution in [0, 0.1) is 10.1 Å². The number of nitro groups is 1. The highest BCUT2D eigenvalue weighted by Gasteiger charge is 2.19. The van der Waals surface area contributed by atoms with Gasteiger partial charge in [0.2, 0.25) is 0 Å². The molecule has 0 aliphatic heterocycles. The first-order valence-corrected chi connectivity index (χ1v) is 6.99. The first kappa shape index (κ1) is 14.3. The molecule has 0 fully saturated rings. The van der Waals surface area contributed by atoms with Crippen molar-refractivity contribution in [2.75, 3.05) is 5.33 Å². The number of carbonyl (C=O) groups excluding carboxylic acids is 1. The van der Waals surface area contributed by atoms with Gasteiger partial charge >= 0.3 is 5.82 Å². The maximum Gasteiger partial charge on any atom is 0.321 e. The number of rotatable bonds is 5. The van der Waals surface area contributed by atoms with Gasteiger partial charge in [-0.25, -0.2) is 4.98 Å². The molecule has 1 amide bonds. The minimum Gasteiger partial charge on any atom is -0.358 e. The quantitative estimate of drug-likeness (QED) is 0.499. The van der Waals surface area contributed by atoms with Crippen molar-refractivity contribution in [1.82, 2.24) is 10.3 Å². The minimum absolute atomic E-state index is 0.165. The van der Waals surface area contributed by atoms with Crippen LogP contribution in [-0.2, 0) is 0 Å².